The van der Waals surface area contributed by atoms with Crippen LogP contribution >= 0.6 is 0 Å². The van der Waals surface area contributed by atoms with Gasteiger partial charge in [-0.3, -0.25) is 4.79 Å². The molecule has 1 atom stereocenters. The van der Waals surface area contributed by atoms with Crippen LogP contribution in [-0.2, 0) is 24.1 Å². The monoisotopic (exact) mass is 351 g/mol. The molecule has 136 valence electrons. The Morgan fingerprint density at radius 1 is 1.23 bits per heavy atom. The van der Waals surface area contributed by atoms with Gasteiger partial charge in [0.05, 0.1) is 6.42 Å². The number of fused-ring (bicyclic) bond motifs is 1. The lowest BCUT2D eigenvalue weighted by atomic mass is 10.0. The van der Waals surface area contributed by atoms with Crippen molar-refractivity contribution in [2.75, 3.05) is 24.5 Å². The van der Waals surface area contributed by atoms with E-state index in [0.717, 1.165) is 30.8 Å². The number of hydrogen-bond acceptors (Lipinski definition) is 4. The Labute approximate surface area is 154 Å². The second kappa shape index (κ2) is 7.08. The molecule has 1 aromatic carbocycles. The number of carbonyl (C=O) groups is 1. The molecule has 0 unspecified atom stereocenters. The summed E-state index contributed by atoms with van der Waals surface area (Å²) in [7, 11) is 0. The Morgan fingerprint density at radius 2 is 2.12 bits per heavy atom. The average Bonchev–Trinajstić information content (AvgIpc) is 3.28. The normalized spacial score (nSPS) is 21.7. The van der Waals surface area contributed by atoms with Gasteiger partial charge in [0.2, 0.25) is 5.91 Å². The van der Waals surface area contributed by atoms with Crippen LogP contribution in [0.25, 0.3) is 0 Å². The van der Waals surface area contributed by atoms with Gasteiger partial charge in [0, 0.05) is 25.8 Å². The average molecular weight is 351 g/mol. The van der Waals surface area contributed by atoms with Gasteiger partial charge < -0.3 is 15.3 Å². The number of aliphatic hydroxyl groups is 1. The molecule has 0 bridgehead atoms. The summed E-state index contributed by atoms with van der Waals surface area (Å²) in [4.78, 5) is 18.7. The Bertz CT molecular complexity index is 793. The van der Waals surface area contributed by atoms with Crippen LogP contribution in [0.1, 0.15) is 29.5 Å². The van der Waals surface area contributed by atoms with Crippen LogP contribution < -0.4 is 10.2 Å². The van der Waals surface area contributed by atoms with Crippen molar-refractivity contribution in [3.05, 3.63) is 59.3 Å². The van der Waals surface area contributed by atoms with E-state index in [-0.39, 0.29) is 12.5 Å². The number of hydrogen-bond donors (Lipinski definition) is 2. The molecule has 2 heterocycles. The second-order valence-corrected chi connectivity index (χ2v) is 7.49. The number of rotatable bonds is 5. The number of aromatic nitrogens is 1. The quantitative estimate of drug-likeness (QED) is 0.863. The van der Waals surface area contributed by atoms with Gasteiger partial charge in [0.25, 0.3) is 0 Å². The van der Waals surface area contributed by atoms with E-state index in [9.17, 15) is 9.90 Å². The fourth-order valence-corrected chi connectivity index (χ4v) is 3.98. The molecule has 1 fully saturated rings. The molecule has 0 spiro atoms. The number of anilines is 1. The molecular weight excluding hydrogens is 326 g/mol. The highest BCUT2D eigenvalue weighted by Crippen LogP contribution is 2.25. The van der Waals surface area contributed by atoms with Crippen molar-refractivity contribution < 1.29 is 9.90 Å². The fraction of sp³-hybridized carbons (Fsp3) is 0.429. The molecule has 1 aromatic heterocycles. The lowest BCUT2D eigenvalue weighted by Crippen LogP contribution is -2.45. The summed E-state index contributed by atoms with van der Waals surface area (Å²) in [5.74, 6) is 0.834. The predicted octanol–water partition coefficient (Wildman–Crippen LogP) is 1.87. The van der Waals surface area contributed by atoms with E-state index in [4.69, 9.17) is 0 Å². The summed E-state index contributed by atoms with van der Waals surface area (Å²) >= 11 is 0. The summed E-state index contributed by atoms with van der Waals surface area (Å²) in [6.07, 6.45) is 6.24. The lowest BCUT2D eigenvalue weighted by molar-refractivity contribution is -0.121. The molecule has 0 saturated carbocycles. The van der Waals surface area contributed by atoms with Crippen LogP contribution in [0.5, 0.6) is 0 Å². The zero-order valence-corrected chi connectivity index (χ0v) is 14.9. The van der Waals surface area contributed by atoms with E-state index in [1.165, 1.54) is 17.5 Å². The van der Waals surface area contributed by atoms with Crippen molar-refractivity contribution in [3.8, 4) is 0 Å². The van der Waals surface area contributed by atoms with Gasteiger partial charge in [-0.1, -0.05) is 24.3 Å². The van der Waals surface area contributed by atoms with E-state index < -0.39 is 5.60 Å². The van der Waals surface area contributed by atoms with Gasteiger partial charge >= 0.3 is 0 Å². The minimum Gasteiger partial charge on any atom is -0.386 e. The third-order valence-electron chi connectivity index (χ3n) is 5.45. The van der Waals surface area contributed by atoms with E-state index in [2.05, 4.69) is 33.4 Å². The topological polar surface area (TPSA) is 65.5 Å². The third kappa shape index (κ3) is 3.73. The Kier molecular flexibility index (Phi) is 4.64. The predicted molar refractivity (Wildman–Crippen MR) is 101 cm³/mol. The Balaban J connectivity index is 1.30. The minimum absolute atomic E-state index is 0.0346. The molecule has 1 saturated heterocycles. The standard InChI is InChI=1S/C21H25N3O2/c25-20(13-16-7-8-17-4-3-5-18(17)12-16)23-14-21(26)9-11-24(15-21)19-6-1-2-10-22-19/h1-2,6-8,10,12,26H,3-5,9,11,13-15H2,(H,23,25)/t21-/m0/s1. The Morgan fingerprint density at radius 3 is 2.96 bits per heavy atom. The zero-order valence-electron chi connectivity index (χ0n) is 14.9. The SMILES string of the molecule is O=C(Cc1ccc2c(c1)CCC2)NC[C@@]1(O)CCN(c2ccccn2)C1. The number of nitrogens with one attached hydrogen (secondary N) is 1. The molecule has 26 heavy (non-hydrogen) atoms. The fourth-order valence-electron chi connectivity index (χ4n) is 3.98. The molecule has 5 nitrogen and oxygen atoms in total. The summed E-state index contributed by atoms with van der Waals surface area (Å²) in [5, 5.41) is 13.7. The number of pyridine rings is 1. The Hall–Kier alpha value is -2.40. The number of β-amino-alcohol motifs (C(OH)–C–C–N with tert-alkyl or cyclic N) is 1. The van der Waals surface area contributed by atoms with Gasteiger partial charge in [-0.15, -0.1) is 0 Å². The smallest absolute Gasteiger partial charge is 0.224 e. The van der Waals surface area contributed by atoms with Gasteiger partial charge in [-0.25, -0.2) is 4.98 Å². The number of amides is 1. The number of aryl methyl sites for hydroxylation is 2. The highest BCUT2D eigenvalue weighted by molar-refractivity contribution is 5.78. The second-order valence-electron chi connectivity index (χ2n) is 7.49. The van der Waals surface area contributed by atoms with Crippen LogP contribution in [0, 0.1) is 0 Å². The van der Waals surface area contributed by atoms with Crippen LogP contribution in [0.2, 0.25) is 0 Å². The lowest BCUT2D eigenvalue weighted by Gasteiger charge is -2.24. The van der Waals surface area contributed by atoms with Crippen molar-refractivity contribution in [1.82, 2.24) is 10.3 Å². The molecule has 1 aliphatic carbocycles. The van der Waals surface area contributed by atoms with E-state index in [0.29, 0.717) is 19.4 Å². The molecule has 0 radical (unpaired) electrons. The van der Waals surface area contributed by atoms with Crippen LogP contribution in [0.3, 0.4) is 0 Å². The first-order chi connectivity index (χ1) is 12.6. The minimum atomic E-state index is -0.898. The molecule has 5 heteroatoms. The van der Waals surface area contributed by atoms with Crippen molar-refractivity contribution in [3.63, 3.8) is 0 Å². The first-order valence-electron chi connectivity index (χ1n) is 9.37. The first-order valence-corrected chi connectivity index (χ1v) is 9.37. The van der Waals surface area contributed by atoms with Crippen LogP contribution in [0.15, 0.2) is 42.6 Å². The summed E-state index contributed by atoms with van der Waals surface area (Å²) in [5.41, 5.74) is 2.96. The zero-order chi connectivity index (χ0) is 18.0. The van der Waals surface area contributed by atoms with Gasteiger partial charge in [0.1, 0.15) is 11.4 Å². The van der Waals surface area contributed by atoms with Gasteiger partial charge in [-0.2, -0.15) is 0 Å². The maximum absolute atomic E-state index is 12.3. The number of nitrogens with zero attached hydrogens (tertiary/aromatic N) is 2. The van der Waals surface area contributed by atoms with Crippen LogP contribution in [-0.4, -0.2) is 41.2 Å². The summed E-state index contributed by atoms with van der Waals surface area (Å²) in [6.45, 7) is 1.51. The molecule has 2 N–H and O–H groups in total. The molecular formula is C21H25N3O2. The molecule has 2 aromatic rings. The van der Waals surface area contributed by atoms with Crippen molar-refractivity contribution in [2.45, 2.75) is 37.7 Å². The maximum atomic E-state index is 12.3. The van der Waals surface area contributed by atoms with Gasteiger partial charge in [-0.05, 0) is 54.5 Å². The van der Waals surface area contributed by atoms with E-state index in [1.54, 1.807) is 6.20 Å². The van der Waals surface area contributed by atoms with Crippen molar-refractivity contribution >= 4 is 11.7 Å². The molecule has 4 rings (SSSR count). The number of benzene rings is 1. The van der Waals surface area contributed by atoms with Gasteiger partial charge in [0.15, 0.2) is 0 Å². The maximum Gasteiger partial charge on any atom is 0.224 e. The first kappa shape index (κ1) is 17.0. The highest BCUT2D eigenvalue weighted by Gasteiger charge is 2.36. The molecule has 1 aliphatic heterocycles. The summed E-state index contributed by atoms with van der Waals surface area (Å²) < 4.78 is 0. The molecule has 1 amide bonds. The number of carbonyl (C=O) groups excluding carboxylic acids is 1. The largest absolute Gasteiger partial charge is 0.386 e. The third-order valence-corrected chi connectivity index (χ3v) is 5.45. The van der Waals surface area contributed by atoms with Crippen LogP contribution in [0.4, 0.5) is 5.82 Å². The van der Waals surface area contributed by atoms with Crippen molar-refractivity contribution in [2.24, 2.45) is 0 Å². The molecule has 2 aliphatic rings. The van der Waals surface area contributed by atoms with E-state index in [1.807, 2.05) is 18.2 Å². The van der Waals surface area contributed by atoms with E-state index >= 15 is 0 Å². The highest BCUT2D eigenvalue weighted by atomic mass is 16.3. The van der Waals surface area contributed by atoms with Crippen molar-refractivity contribution in [1.29, 1.82) is 0 Å². The summed E-state index contributed by atoms with van der Waals surface area (Å²) in [6, 6.07) is 12.1.